The second-order valence-electron chi connectivity index (χ2n) is 2.78. The normalized spacial score (nSPS) is 24.3. The third-order valence-corrected chi connectivity index (χ3v) is 2.96. The lowest BCUT2D eigenvalue weighted by molar-refractivity contribution is 0.170. The van der Waals surface area contributed by atoms with Gasteiger partial charge < -0.3 is 10.4 Å². The first-order chi connectivity index (χ1) is 5.38. The Bertz CT molecular complexity index is 246. The smallest absolute Gasteiger partial charge is 0.0813 e. The zero-order valence-electron chi connectivity index (χ0n) is 6.21. The third kappa shape index (κ3) is 1.31. The topological polar surface area (TPSA) is 32.3 Å². The van der Waals surface area contributed by atoms with Crippen molar-refractivity contribution < 1.29 is 5.11 Å². The summed E-state index contributed by atoms with van der Waals surface area (Å²) in [5.74, 6) is 0. The van der Waals surface area contributed by atoms with Crippen LogP contribution in [0.25, 0.3) is 0 Å². The van der Waals surface area contributed by atoms with Crippen molar-refractivity contribution >= 4 is 11.3 Å². The molecule has 1 aliphatic heterocycles. The van der Waals surface area contributed by atoms with Crippen LogP contribution in [0, 0.1) is 0 Å². The summed E-state index contributed by atoms with van der Waals surface area (Å²) in [4.78, 5) is 1.29. The Morgan fingerprint density at radius 2 is 2.55 bits per heavy atom. The highest BCUT2D eigenvalue weighted by Gasteiger charge is 2.15. The van der Waals surface area contributed by atoms with Gasteiger partial charge in [-0.05, 0) is 30.0 Å². The van der Waals surface area contributed by atoms with Crippen LogP contribution in [-0.4, -0.2) is 11.7 Å². The summed E-state index contributed by atoms with van der Waals surface area (Å²) in [7, 11) is 0. The molecular formula is C8H11NOS. The van der Waals surface area contributed by atoms with Gasteiger partial charge in [0, 0.05) is 11.4 Å². The molecule has 0 spiro atoms. The van der Waals surface area contributed by atoms with Crippen LogP contribution in [0.4, 0.5) is 0 Å². The molecule has 1 aromatic rings. The molecule has 1 aliphatic rings. The fraction of sp³-hybridized carbons (Fsp3) is 0.500. The van der Waals surface area contributed by atoms with E-state index in [-0.39, 0.29) is 6.10 Å². The Kier molecular flexibility index (Phi) is 1.94. The van der Waals surface area contributed by atoms with Gasteiger partial charge in [0.15, 0.2) is 0 Å². The van der Waals surface area contributed by atoms with Crippen molar-refractivity contribution in [3.63, 3.8) is 0 Å². The molecule has 0 saturated carbocycles. The molecule has 1 aromatic heterocycles. The van der Waals surface area contributed by atoms with Gasteiger partial charge in [-0.1, -0.05) is 0 Å². The number of thiophene rings is 1. The highest BCUT2D eigenvalue weighted by molar-refractivity contribution is 7.10. The molecule has 1 unspecified atom stereocenters. The predicted molar refractivity (Wildman–Crippen MR) is 45.6 cm³/mol. The van der Waals surface area contributed by atoms with Crippen LogP contribution in [0.5, 0.6) is 0 Å². The first kappa shape index (κ1) is 7.28. The summed E-state index contributed by atoms with van der Waals surface area (Å²) in [6, 6.07) is 2.03. The van der Waals surface area contributed by atoms with Gasteiger partial charge in [-0.3, -0.25) is 0 Å². The van der Waals surface area contributed by atoms with E-state index >= 15 is 0 Å². The van der Waals surface area contributed by atoms with E-state index in [2.05, 4.69) is 5.32 Å². The number of hydrogen-bond donors (Lipinski definition) is 2. The van der Waals surface area contributed by atoms with Gasteiger partial charge >= 0.3 is 0 Å². The van der Waals surface area contributed by atoms with Crippen LogP contribution in [-0.2, 0) is 6.54 Å². The minimum absolute atomic E-state index is 0.244. The fourth-order valence-corrected chi connectivity index (χ4v) is 2.29. The van der Waals surface area contributed by atoms with E-state index in [0.717, 1.165) is 25.1 Å². The number of rotatable bonds is 0. The first-order valence-electron chi connectivity index (χ1n) is 3.83. The van der Waals surface area contributed by atoms with Crippen molar-refractivity contribution in [2.45, 2.75) is 19.1 Å². The van der Waals surface area contributed by atoms with Crippen molar-refractivity contribution in [3.8, 4) is 0 Å². The second-order valence-corrected chi connectivity index (χ2v) is 3.78. The van der Waals surface area contributed by atoms with Crippen LogP contribution in [0.3, 0.4) is 0 Å². The Labute approximate surface area is 69.9 Å². The van der Waals surface area contributed by atoms with E-state index in [1.54, 1.807) is 11.3 Å². The average molecular weight is 169 g/mol. The Hall–Kier alpha value is -0.380. The van der Waals surface area contributed by atoms with Crippen molar-refractivity contribution in [3.05, 3.63) is 21.9 Å². The fourth-order valence-electron chi connectivity index (χ4n) is 1.39. The number of aliphatic hydroxyl groups excluding tert-OH is 1. The lowest BCUT2D eigenvalue weighted by Crippen LogP contribution is -2.11. The Balaban J connectivity index is 2.34. The van der Waals surface area contributed by atoms with Crippen LogP contribution >= 0.6 is 11.3 Å². The third-order valence-electron chi connectivity index (χ3n) is 2.02. The molecule has 0 fully saturated rings. The summed E-state index contributed by atoms with van der Waals surface area (Å²) in [6.07, 6.45) is 0.593. The Morgan fingerprint density at radius 3 is 3.45 bits per heavy atom. The highest BCUT2D eigenvalue weighted by atomic mass is 32.1. The number of aliphatic hydroxyl groups is 1. The first-order valence-corrected chi connectivity index (χ1v) is 4.71. The van der Waals surface area contributed by atoms with Crippen molar-refractivity contribution in [2.24, 2.45) is 0 Å². The molecule has 0 saturated heterocycles. The molecule has 3 heteroatoms. The van der Waals surface area contributed by atoms with Crippen LogP contribution in [0.1, 0.15) is 23.0 Å². The van der Waals surface area contributed by atoms with E-state index in [1.165, 1.54) is 4.88 Å². The summed E-state index contributed by atoms with van der Waals surface area (Å²) in [6.45, 7) is 1.84. The molecule has 2 rings (SSSR count). The number of hydrogen-bond acceptors (Lipinski definition) is 3. The van der Waals surface area contributed by atoms with Gasteiger partial charge in [0.1, 0.15) is 0 Å². The molecular weight excluding hydrogens is 158 g/mol. The largest absolute Gasteiger partial charge is 0.388 e. The predicted octanol–water partition coefficient (Wildman–Crippen LogP) is 1.27. The second kappa shape index (κ2) is 2.93. The lowest BCUT2D eigenvalue weighted by atomic mass is 10.1. The molecule has 0 aliphatic carbocycles. The molecule has 11 heavy (non-hydrogen) atoms. The summed E-state index contributed by atoms with van der Waals surface area (Å²) < 4.78 is 0. The van der Waals surface area contributed by atoms with E-state index in [4.69, 9.17) is 0 Å². The van der Waals surface area contributed by atoms with Gasteiger partial charge in [0.05, 0.1) is 6.10 Å². The maximum atomic E-state index is 9.60. The van der Waals surface area contributed by atoms with Crippen molar-refractivity contribution in [1.29, 1.82) is 0 Å². The summed E-state index contributed by atoms with van der Waals surface area (Å²) in [5, 5.41) is 14.9. The lowest BCUT2D eigenvalue weighted by Gasteiger charge is -2.04. The van der Waals surface area contributed by atoms with Crippen LogP contribution in [0.2, 0.25) is 0 Å². The molecule has 0 amide bonds. The minimum Gasteiger partial charge on any atom is -0.388 e. The molecule has 2 heterocycles. The van der Waals surface area contributed by atoms with E-state index in [9.17, 15) is 5.11 Å². The zero-order chi connectivity index (χ0) is 7.68. The maximum Gasteiger partial charge on any atom is 0.0813 e. The molecule has 2 nitrogen and oxygen atoms in total. The monoisotopic (exact) mass is 169 g/mol. The van der Waals surface area contributed by atoms with Gasteiger partial charge in [0.25, 0.3) is 0 Å². The average Bonchev–Trinajstić information content (AvgIpc) is 2.40. The van der Waals surface area contributed by atoms with E-state index in [1.807, 2.05) is 11.4 Å². The molecule has 60 valence electrons. The Morgan fingerprint density at radius 1 is 1.64 bits per heavy atom. The molecule has 0 bridgehead atoms. The van der Waals surface area contributed by atoms with Gasteiger partial charge in [-0.25, -0.2) is 0 Å². The van der Waals surface area contributed by atoms with Crippen LogP contribution < -0.4 is 5.32 Å². The number of nitrogens with one attached hydrogen (secondary N) is 1. The van der Waals surface area contributed by atoms with E-state index < -0.39 is 0 Å². The van der Waals surface area contributed by atoms with Crippen molar-refractivity contribution in [2.75, 3.05) is 6.54 Å². The summed E-state index contributed by atoms with van der Waals surface area (Å²) >= 11 is 1.72. The summed E-state index contributed by atoms with van der Waals surface area (Å²) in [5.41, 5.74) is 1.13. The minimum atomic E-state index is -0.244. The maximum absolute atomic E-state index is 9.60. The van der Waals surface area contributed by atoms with Gasteiger partial charge in [-0.2, -0.15) is 0 Å². The molecule has 0 radical (unpaired) electrons. The quantitative estimate of drug-likeness (QED) is 0.613. The molecule has 2 N–H and O–H groups in total. The standard InChI is InChI=1S/C8H11NOS/c10-7-1-3-9-5-8-6(7)2-4-11-8/h2,4,7,9-10H,1,3,5H2. The van der Waals surface area contributed by atoms with Gasteiger partial charge in [-0.15, -0.1) is 11.3 Å². The zero-order valence-corrected chi connectivity index (χ0v) is 7.03. The highest BCUT2D eigenvalue weighted by Crippen LogP contribution is 2.27. The number of fused-ring (bicyclic) bond motifs is 1. The SMILES string of the molecule is OC1CCNCc2sccc21. The van der Waals surface area contributed by atoms with Crippen molar-refractivity contribution in [1.82, 2.24) is 5.32 Å². The molecule has 1 atom stereocenters. The molecule has 0 aromatic carbocycles. The van der Waals surface area contributed by atoms with Gasteiger partial charge in [0.2, 0.25) is 0 Å². The van der Waals surface area contributed by atoms with E-state index in [0.29, 0.717) is 0 Å². The van der Waals surface area contributed by atoms with Crippen LogP contribution in [0.15, 0.2) is 11.4 Å².